The Labute approximate surface area is 131 Å². The molecule has 7 nitrogen and oxygen atoms in total. The summed E-state index contributed by atoms with van der Waals surface area (Å²) in [5.74, 6) is 0.503. The first kappa shape index (κ1) is 13.8. The normalized spacial score (nSPS) is 10.8. The van der Waals surface area contributed by atoms with Crippen molar-refractivity contribution in [2.24, 2.45) is 0 Å². The molecule has 0 aliphatic heterocycles. The number of ether oxygens (including phenoxy) is 1. The molecule has 0 bridgehead atoms. The quantitative estimate of drug-likeness (QED) is 0.517. The predicted molar refractivity (Wildman–Crippen MR) is 78.9 cm³/mol. The lowest BCUT2D eigenvalue weighted by atomic mass is 10.3. The van der Waals surface area contributed by atoms with Crippen LogP contribution in [0.3, 0.4) is 0 Å². The van der Waals surface area contributed by atoms with Crippen LogP contribution in [0.5, 0.6) is 11.6 Å². The van der Waals surface area contributed by atoms with E-state index in [1.165, 1.54) is 18.2 Å². The molecular formula is C12H6BrClN4O3. The molecular weight excluding hydrogens is 364 g/mol. The fourth-order valence-electron chi connectivity index (χ4n) is 1.73. The molecule has 0 atom stereocenters. The molecule has 0 saturated heterocycles. The third-order valence-electron chi connectivity index (χ3n) is 2.65. The van der Waals surface area contributed by atoms with E-state index in [2.05, 4.69) is 25.9 Å². The van der Waals surface area contributed by atoms with Gasteiger partial charge in [-0.25, -0.2) is 9.97 Å². The Bertz CT molecular complexity index is 852. The van der Waals surface area contributed by atoms with Crippen molar-refractivity contribution in [1.29, 1.82) is 0 Å². The molecule has 0 fully saturated rings. The minimum atomic E-state index is -0.528. The van der Waals surface area contributed by atoms with Gasteiger partial charge in [0.05, 0.1) is 9.95 Å². The van der Waals surface area contributed by atoms with Crippen LogP contribution in [-0.2, 0) is 0 Å². The zero-order chi connectivity index (χ0) is 15.0. The Balaban J connectivity index is 2.02. The molecule has 0 unspecified atom stereocenters. The van der Waals surface area contributed by atoms with Crippen molar-refractivity contribution >= 4 is 38.9 Å². The zero-order valence-corrected chi connectivity index (χ0v) is 12.6. The average molecular weight is 370 g/mol. The van der Waals surface area contributed by atoms with E-state index >= 15 is 0 Å². The smallest absolute Gasteiger partial charge is 0.271 e. The minimum absolute atomic E-state index is 0.111. The third-order valence-corrected chi connectivity index (χ3v) is 3.32. The van der Waals surface area contributed by atoms with Gasteiger partial charge in [0.25, 0.3) is 11.6 Å². The second-order valence-corrected chi connectivity index (χ2v) is 5.22. The molecule has 0 aliphatic carbocycles. The van der Waals surface area contributed by atoms with Crippen molar-refractivity contribution in [3.63, 3.8) is 0 Å². The number of nitro benzene ring substituents is 1. The number of fused-ring (bicyclic) bond motifs is 1. The van der Waals surface area contributed by atoms with E-state index < -0.39 is 4.92 Å². The highest BCUT2D eigenvalue weighted by Gasteiger charge is 2.14. The summed E-state index contributed by atoms with van der Waals surface area (Å²) in [5, 5.41) is 10.8. The van der Waals surface area contributed by atoms with Gasteiger partial charge in [0, 0.05) is 30.7 Å². The number of hydrogen-bond donors (Lipinski definition) is 0. The number of benzene rings is 1. The highest BCUT2D eigenvalue weighted by molar-refractivity contribution is 9.10. The first-order valence-electron chi connectivity index (χ1n) is 5.65. The number of imidazole rings is 1. The van der Waals surface area contributed by atoms with Crippen LogP contribution >= 0.6 is 27.5 Å². The van der Waals surface area contributed by atoms with Crippen molar-refractivity contribution < 1.29 is 9.66 Å². The summed E-state index contributed by atoms with van der Waals surface area (Å²) in [5.41, 5.74) is 0.396. The van der Waals surface area contributed by atoms with Crippen LogP contribution in [0.25, 0.3) is 5.65 Å². The van der Waals surface area contributed by atoms with Gasteiger partial charge >= 0.3 is 0 Å². The van der Waals surface area contributed by atoms with E-state index in [0.29, 0.717) is 10.3 Å². The average Bonchev–Trinajstić information content (AvgIpc) is 2.88. The van der Waals surface area contributed by atoms with E-state index in [4.69, 9.17) is 16.3 Å². The Morgan fingerprint density at radius 2 is 2.24 bits per heavy atom. The van der Waals surface area contributed by atoms with Crippen LogP contribution < -0.4 is 4.74 Å². The lowest BCUT2D eigenvalue weighted by molar-refractivity contribution is -0.384. The van der Waals surface area contributed by atoms with Crippen LogP contribution in [0.4, 0.5) is 5.69 Å². The topological polar surface area (TPSA) is 82.6 Å². The molecule has 0 amide bonds. The second-order valence-electron chi connectivity index (χ2n) is 4.00. The fourth-order valence-corrected chi connectivity index (χ4v) is 2.33. The molecule has 2 aromatic heterocycles. The molecule has 0 aliphatic rings. The Hall–Kier alpha value is -2.19. The monoisotopic (exact) mass is 368 g/mol. The van der Waals surface area contributed by atoms with Crippen molar-refractivity contribution in [2.45, 2.75) is 0 Å². The molecule has 21 heavy (non-hydrogen) atoms. The molecule has 2 heterocycles. The molecule has 0 saturated carbocycles. The van der Waals surface area contributed by atoms with E-state index in [1.54, 1.807) is 23.0 Å². The van der Waals surface area contributed by atoms with Gasteiger partial charge in [0.2, 0.25) is 5.65 Å². The van der Waals surface area contributed by atoms with Gasteiger partial charge in [-0.15, -0.1) is 0 Å². The third kappa shape index (κ3) is 2.67. The fraction of sp³-hybridized carbons (Fsp3) is 0. The molecule has 0 N–H and O–H groups in total. The van der Waals surface area contributed by atoms with Gasteiger partial charge in [-0.3, -0.25) is 14.5 Å². The summed E-state index contributed by atoms with van der Waals surface area (Å²) in [7, 11) is 0. The summed E-state index contributed by atoms with van der Waals surface area (Å²) < 4.78 is 7.90. The van der Waals surface area contributed by atoms with Crippen LogP contribution in [-0.4, -0.2) is 19.3 Å². The van der Waals surface area contributed by atoms with E-state index in [0.717, 1.165) is 0 Å². The number of halogens is 2. The summed E-state index contributed by atoms with van der Waals surface area (Å²) in [4.78, 5) is 18.5. The molecule has 0 spiro atoms. The highest BCUT2D eigenvalue weighted by Crippen LogP contribution is 2.33. The Kier molecular flexibility index (Phi) is 3.48. The van der Waals surface area contributed by atoms with Crippen molar-refractivity contribution in [1.82, 2.24) is 14.4 Å². The Morgan fingerprint density at radius 1 is 1.43 bits per heavy atom. The standard InChI is InChI=1S/C12H6BrClN4O3/c13-10-6-17-4-3-15-11(17)12(16-10)21-9-2-1-7(18(19)20)5-8(9)14/h1-6H. The largest absolute Gasteiger partial charge is 0.434 e. The summed E-state index contributed by atoms with van der Waals surface area (Å²) in [6.07, 6.45) is 5.08. The molecule has 1 aromatic carbocycles. The van der Waals surface area contributed by atoms with Crippen LogP contribution in [0.1, 0.15) is 0 Å². The lowest BCUT2D eigenvalue weighted by Gasteiger charge is -2.08. The molecule has 0 radical (unpaired) electrons. The van der Waals surface area contributed by atoms with Crippen LogP contribution in [0, 0.1) is 10.1 Å². The van der Waals surface area contributed by atoms with E-state index in [9.17, 15) is 10.1 Å². The number of hydrogen-bond acceptors (Lipinski definition) is 5. The van der Waals surface area contributed by atoms with Gasteiger partial charge in [-0.2, -0.15) is 0 Å². The van der Waals surface area contributed by atoms with Gasteiger partial charge in [-0.1, -0.05) is 11.6 Å². The van der Waals surface area contributed by atoms with Crippen molar-refractivity contribution in [3.05, 3.63) is 56.5 Å². The maximum Gasteiger partial charge on any atom is 0.271 e. The predicted octanol–water partition coefficient (Wildman–Crippen LogP) is 3.85. The second kappa shape index (κ2) is 5.30. The van der Waals surface area contributed by atoms with Crippen LogP contribution in [0.15, 0.2) is 41.4 Å². The van der Waals surface area contributed by atoms with Crippen molar-refractivity contribution in [2.75, 3.05) is 0 Å². The summed E-state index contributed by atoms with van der Waals surface area (Å²) in [6.45, 7) is 0. The summed E-state index contributed by atoms with van der Waals surface area (Å²) in [6, 6.07) is 3.95. The first-order chi connectivity index (χ1) is 10.0. The maximum absolute atomic E-state index is 10.7. The zero-order valence-electron chi connectivity index (χ0n) is 10.2. The number of rotatable bonds is 3. The Morgan fingerprint density at radius 3 is 2.95 bits per heavy atom. The SMILES string of the molecule is O=[N+]([O-])c1ccc(Oc2nc(Br)cn3ccnc23)c(Cl)c1. The minimum Gasteiger partial charge on any atom is -0.434 e. The van der Waals surface area contributed by atoms with Gasteiger partial charge in [-0.05, 0) is 22.0 Å². The number of nitrogens with zero attached hydrogens (tertiary/aromatic N) is 4. The molecule has 3 aromatic rings. The summed E-state index contributed by atoms with van der Waals surface area (Å²) >= 11 is 9.26. The lowest BCUT2D eigenvalue weighted by Crippen LogP contribution is -1.96. The van der Waals surface area contributed by atoms with Crippen LogP contribution in [0.2, 0.25) is 5.02 Å². The van der Waals surface area contributed by atoms with E-state index in [-0.39, 0.29) is 22.3 Å². The van der Waals surface area contributed by atoms with Gasteiger partial charge in [0.15, 0.2) is 0 Å². The first-order valence-corrected chi connectivity index (χ1v) is 6.82. The van der Waals surface area contributed by atoms with Crippen molar-refractivity contribution in [3.8, 4) is 11.6 Å². The number of nitro groups is 1. The van der Waals surface area contributed by atoms with E-state index in [1.807, 2.05) is 0 Å². The van der Waals surface area contributed by atoms with Gasteiger partial charge in [0.1, 0.15) is 10.4 Å². The molecule has 3 rings (SSSR count). The molecule has 9 heteroatoms. The molecule has 106 valence electrons. The van der Waals surface area contributed by atoms with Gasteiger partial charge < -0.3 is 4.74 Å². The highest BCUT2D eigenvalue weighted by atomic mass is 79.9. The number of non-ortho nitro benzene ring substituents is 1. The maximum atomic E-state index is 10.7. The number of aromatic nitrogens is 3.